The number of ether oxygens (including phenoxy) is 3. The van der Waals surface area contributed by atoms with Crippen molar-refractivity contribution in [3.8, 4) is 0 Å². The zero-order chi connectivity index (χ0) is 39.4. The van der Waals surface area contributed by atoms with Gasteiger partial charge in [-0.25, -0.2) is 0 Å². The Morgan fingerprint density at radius 1 is 0.389 bits per heavy atom. The van der Waals surface area contributed by atoms with E-state index >= 15 is 0 Å². The van der Waals surface area contributed by atoms with Crippen molar-refractivity contribution in [3.05, 3.63) is 60.8 Å². The molecule has 310 valence electrons. The fraction of sp³-hybridized carbons (Fsp3) is 0.729. The van der Waals surface area contributed by atoms with Crippen molar-refractivity contribution in [2.45, 2.75) is 213 Å². The van der Waals surface area contributed by atoms with E-state index in [1.807, 2.05) is 0 Å². The highest BCUT2D eigenvalue weighted by Gasteiger charge is 2.19. The molecule has 0 aliphatic carbocycles. The van der Waals surface area contributed by atoms with Gasteiger partial charge in [0.2, 0.25) is 0 Å². The van der Waals surface area contributed by atoms with Crippen LogP contribution in [0, 0.1) is 0 Å². The average Bonchev–Trinajstić information content (AvgIpc) is 3.17. The molecule has 1 atom stereocenters. The molecule has 0 amide bonds. The topological polar surface area (TPSA) is 78.9 Å². The molecule has 54 heavy (non-hydrogen) atoms. The van der Waals surface area contributed by atoms with Crippen molar-refractivity contribution >= 4 is 17.9 Å². The van der Waals surface area contributed by atoms with Crippen LogP contribution in [0.25, 0.3) is 0 Å². The monoisotopic (exact) mass is 755 g/mol. The number of carbonyl (C=O) groups is 3. The summed E-state index contributed by atoms with van der Waals surface area (Å²) in [4.78, 5) is 37.7. The summed E-state index contributed by atoms with van der Waals surface area (Å²) in [5.41, 5.74) is 0. The molecule has 0 bridgehead atoms. The van der Waals surface area contributed by atoms with Gasteiger partial charge in [-0.05, 0) is 89.9 Å². The van der Waals surface area contributed by atoms with E-state index in [2.05, 4.69) is 81.5 Å². The summed E-state index contributed by atoms with van der Waals surface area (Å²) in [6, 6.07) is 0. The lowest BCUT2D eigenvalue weighted by atomic mass is 10.1. The number of hydrogen-bond donors (Lipinski definition) is 0. The summed E-state index contributed by atoms with van der Waals surface area (Å²) in [7, 11) is 0. The van der Waals surface area contributed by atoms with Crippen LogP contribution in [0.5, 0.6) is 0 Å². The fourth-order valence-corrected chi connectivity index (χ4v) is 5.85. The molecule has 0 heterocycles. The van der Waals surface area contributed by atoms with Gasteiger partial charge in [0, 0.05) is 19.3 Å². The van der Waals surface area contributed by atoms with E-state index in [1.54, 1.807) is 0 Å². The third-order valence-corrected chi connectivity index (χ3v) is 9.21. The molecular formula is C48H82O6. The molecule has 0 aromatic heterocycles. The number of rotatable bonds is 39. The summed E-state index contributed by atoms with van der Waals surface area (Å²) in [6.45, 7) is 6.37. The Kier molecular flexibility index (Phi) is 40.6. The number of hydrogen-bond acceptors (Lipinski definition) is 6. The molecule has 0 saturated heterocycles. The van der Waals surface area contributed by atoms with Crippen molar-refractivity contribution in [3.63, 3.8) is 0 Å². The van der Waals surface area contributed by atoms with E-state index in [9.17, 15) is 14.4 Å². The first-order valence-electron chi connectivity index (χ1n) is 22.3. The molecule has 0 aromatic rings. The maximum Gasteiger partial charge on any atom is 0.306 e. The summed E-state index contributed by atoms with van der Waals surface area (Å²) in [6.07, 6.45) is 50.6. The molecule has 1 unspecified atom stereocenters. The van der Waals surface area contributed by atoms with Gasteiger partial charge in [0.15, 0.2) is 6.10 Å². The SMILES string of the molecule is CC/C=C\C/C=C\C/C=C\CCCCCCCC(=O)OCC(COC(=O)CCCCCCC/C=C\CCC)OC(=O)CCCCCCC/C=C\CCCC. The lowest BCUT2D eigenvalue weighted by molar-refractivity contribution is -0.167. The molecule has 0 aliphatic heterocycles. The summed E-state index contributed by atoms with van der Waals surface area (Å²) in [5, 5.41) is 0. The lowest BCUT2D eigenvalue weighted by Crippen LogP contribution is -2.30. The molecule has 0 aromatic carbocycles. The zero-order valence-corrected chi connectivity index (χ0v) is 35.2. The Balaban J connectivity index is 4.41. The van der Waals surface area contributed by atoms with Gasteiger partial charge in [-0.15, -0.1) is 0 Å². The first-order valence-corrected chi connectivity index (χ1v) is 22.3. The van der Waals surface area contributed by atoms with E-state index in [0.717, 1.165) is 122 Å². The van der Waals surface area contributed by atoms with Crippen molar-refractivity contribution in [1.82, 2.24) is 0 Å². The quantitative estimate of drug-likeness (QED) is 0.0269. The minimum atomic E-state index is -0.785. The van der Waals surface area contributed by atoms with Gasteiger partial charge in [0.25, 0.3) is 0 Å². The normalized spacial score (nSPS) is 12.6. The summed E-state index contributed by atoms with van der Waals surface area (Å²) in [5.74, 6) is -0.931. The Morgan fingerprint density at radius 2 is 0.759 bits per heavy atom. The van der Waals surface area contributed by atoms with Crippen LogP contribution in [0.4, 0.5) is 0 Å². The van der Waals surface area contributed by atoms with Crippen LogP contribution in [0.2, 0.25) is 0 Å². The molecule has 0 fully saturated rings. The second-order valence-electron chi connectivity index (χ2n) is 14.6. The van der Waals surface area contributed by atoms with Crippen molar-refractivity contribution in [2.75, 3.05) is 13.2 Å². The highest BCUT2D eigenvalue weighted by atomic mass is 16.6. The maximum absolute atomic E-state index is 12.7. The summed E-state index contributed by atoms with van der Waals surface area (Å²) < 4.78 is 16.6. The van der Waals surface area contributed by atoms with E-state index in [-0.39, 0.29) is 31.1 Å². The molecule has 0 N–H and O–H groups in total. The van der Waals surface area contributed by atoms with Crippen molar-refractivity contribution in [1.29, 1.82) is 0 Å². The zero-order valence-electron chi connectivity index (χ0n) is 35.2. The second kappa shape index (κ2) is 42.8. The molecule has 0 spiro atoms. The van der Waals surface area contributed by atoms with Crippen molar-refractivity contribution in [2.24, 2.45) is 0 Å². The minimum Gasteiger partial charge on any atom is -0.462 e. The van der Waals surface area contributed by atoms with Crippen LogP contribution in [-0.2, 0) is 28.6 Å². The van der Waals surface area contributed by atoms with Gasteiger partial charge in [-0.1, -0.05) is 159 Å². The van der Waals surface area contributed by atoms with Crippen LogP contribution >= 0.6 is 0 Å². The third kappa shape index (κ3) is 40.3. The second-order valence-corrected chi connectivity index (χ2v) is 14.6. The first-order chi connectivity index (χ1) is 26.5. The van der Waals surface area contributed by atoms with E-state index < -0.39 is 6.10 Å². The Bertz CT molecular complexity index is 1010. The Labute approximate surface area is 332 Å². The number of unbranched alkanes of at least 4 members (excludes halogenated alkanes) is 18. The molecule has 6 nitrogen and oxygen atoms in total. The highest BCUT2D eigenvalue weighted by molar-refractivity contribution is 5.71. The van der Waals surface area contributed by atoms with E-state index in [4.69, 9.17) is 14.2 Å². The minimum absolute atomic E-state index is 0.0885. The summed E-state index contributed by atoms with van der Waals surface area (Å²) >= 11 is 0. The Hall–Kier alpha value is -2.89. The van der Waals surface area contributed by atoms with Gasteiger partial charge in [0.1, 0.15) is 13.2 Å². The highest BCUT2D eigenvalue weighted by Crippen LogP contribution is 2.13. The predicted molar refractivity (Wildman–Crippen MR) is 228 cm³/mol. The largest absolute Gasteiger partial charge is 0.462 e. The van der Waals surface area contributed by atoms with Crippen molar-refractivity contribution < 1.29 is 28.6 Å². The smallest absolute Gasteiger partial charge is 0.306 e. The predicted octanol–water partition coefficient (Wildman–Crippen LogP) is 14.1. The van der Waals surface area contributed by atoms with Crippen LogP contribution in [0.3, 0.4) is 0 Å². The Morgan fingerprint density at radius 3 is 1.22 bits per heavy atom. The van der Waals surface area contributed by atoms with Gasteiger partial charge < -0.3 is 14.2 Å². The van der Waals surface area contributed by atoms with E-state index in [1.165, 1.54) is 44.9 Å². The van der Waals surface area contributed by atoms with Gasteiger partial charge >= 0.3 is 17.9 Å². The first kappa shape index (κ1) is 51.1. The van der Waals surface area contributed by atoms with Gasteiger partial charge in [0.05, 0.1) is 0 Å². The number of allylic oxidation sites excluding steroid dienone is 10. The molecule has 6 heteroatoms. The molecule has 0 saturated carbocycles. The van der Waals surface area contributed by atoms with Gasteiger partial charge in [-0.2, -0.15) is 0 Å². The molecule has 0 aliphatic rings. The number of carbonyl (C=O) groups excluding carboxylic acids is 3. The number of esters is 3. The molecular weight excluding hydrogens is 673 g/mol. The van der Waals surface area contributed by atoms with Crippen LogP contribution in [-0.4, -0.2) is 37.2 Å². The third-order valence-electron chi connectivity index (χ3n) is 9.21. The van der Waals surface area contributed by atoms with E-state index in [0.29, 0.717) is 19.3 Å². The maximum atomic E-state index is 12.7. The van der Waals surface area contributed by atoms with Crippen LogP contribution < -0.4 is 0 Å². The molecule has 0 rings (SSSR count). The average molecular weight is 755 g/mol. The fourth-order valence-electron chi connectivity index (χ4n) is 5.85. The lowest BCUT2D eigenvalue weighted by Gasteiger charge is -2.18. The standard InChI is InChI=1S/C48H82O6/c1-4-7-10-13-16-19-22-23-24-25-27-29-32-35-38-41-47(50)53-44-45(43-52-46(49)40-37-34-31-28-21-18-15-12-9-6-3)54-48(51)42-39-36-33-30-26-20-17-14-11-8-5-2/h7,10,12,14-17,19,23-24,45H,4-6,8-9,11,13,18,20-22,25-44H2,1-3H3/b10-7-,15-12-,17-14-,19-16-,24-23-. The van der Waals surface area contributed by atoms with Crippen LogP contribution in [0.15, 0.2) is 60.8 Å². The molecule has 0 radical (unpaired) electrons. The van der Waals surface area contributed by atoms with Crippen LogP contribution in [0.1, 0.15) is 207 Å². The van der Waals surface area contributed by atoms with Gasteiger partial charge in [-0.3, -0.25) is 14.4 Å².